The number of nitrogens with zero attached hydrogens (tertiary/aromatic N) is 1. The second kappa shape index (κ2) is 5.45. The number of anilines is 2. The molecule has 0 aliphatic heterocycles. The molecular weight excluding hydrogens is 242 g/mol. The lowest BCUT2D eigenvalue weighted by atomic mass is 10.2. The van der Waals surface area contributed by atoms with E-state index in [1.165, 1.54) is 0 Å². The summed E-state index contributed by atoms with van der Waals surface area (Å²) in [5.74, 6) is 3.38. The van der Waals surface area contributed by atoms with Crippen LogP contribution in [0.25, 0.3) is 0 Å². The fraction of sp³-hybridized carbons (Fsp3) is 0.545. The highest BCUT2D eigenvalue weighted by Crippen LogP contribution is 2.26. The molecule has 18 heavy (non-hydrogen) atoms. The van der Waals surface area contributed by atoms with Gasteiger partial charge in [-0.2, -0.15) is 0 Å². The molecule has 0 spiro atoms. The molecule has 1 aliphatic carbocycles. The molecule has 0 aromatic carbocycles. The minimum atomic E-state index is -0.818. The van der Waals surface area contributed by atoms with Gasteiger partial charge in [-0.25, -0.2) is 19.6 Å². The van der Waals surface area contributed by atoms with Crippen molar-refractivity contribution in [2.75, 3.05) is 17.9 Å². The van der Waals surface area contributed by atoms with Gasteiger partial charge in [0.25, 0.3) is 0 Å². The molecule has 1 fully saturated rings. The zero-order valence-corrected chi connectivity index (χ0v) is 10.0. The van der Waals surface area contributed by atoms with E-state index in [0.29, 0.717) is 0 Å². The van der Waals surface area contributed by atoms with Crippen LogP contribution in [0.1, 0.15) is 19.3 Å². The number of nitrogens with two attached hydrogens (primary N) is 1. The number of nitrogens with one attached hydrogen (secondary N) is 2. The first-order valence-corrected chi connectivity index (χ1v) is 5.76. The molecule has 1 aromatic heterocycles. The molecule has 1 aromatic rings. The van der Waals surface area contributed by atoms with E-state index in [1.807, 2.05) is 0 Å². The Bertz CT molecular complexity index is 430. The number of pyridine rings is 1. The Morgan fingerprint density at radius 2 is 2.06 bits per heavy atom. The topological polar surface area (TPSA) is 72.2 Å². The monoisotopic (exact) mass is 258 g/mol. The summed E-state index contributed by atoms with van der Waals surface area (Å²) in [6, 6.07) is 0.834. The van der Waals surface area contributed by atoms with Gasteiger partial charge in [0.1, 0.15) is 0 Å². The number of nitrogen functional groups attached to an aromatic ring is 1. The maximum absolute atomic E-state index is 13.5. The molecule has 7 heteroatoms. The number of halogens is 2. The molecule has 2 atom stereocenters. The predicted octanol–water partition coefficient (Wildman–Crippen LogP) is 1.62. The van der Waals surface area contributed by atoms with Crippen LogP contribution in [0.3, 0.4) is 0 Å². The maximum atomic E-state index is 13.5. The zero-order chi connectivity index (χ0) is 13.1. The first kappa shape index (κ1) is 13.0. The smallest absolute Gasteiger partial charge is 0.178 e. The van der Waals surface area contributed by atoms with Crippen molar-refractivity contribution in [3.8, 4) is 0 Å². The second-order valence-corrected chi connectivity index (χ2v) is 4.31. The summed E-state index contributed by atoms with van der Waals surface area (Å²) in [7, 11) is 1.65. The van der Waals surface area contributed by atoms with Crippen LogP contribution in [0, 0.1) is 11.6 Å². The molecule has 0 bridgehead atoms. The fourth-order valence-electron chi connectivity index (χ4n) is 2.15. The van der Waals surface area contributed by atoms with Crippen molar-refractivity contribution in [3.05, 3.63) is 17.7 Å². The third-order valence-electron chi connectivity index (χ3n) is 3.12. The number of methoxy groups -OCH3 is 1. The van der Waals surface area contributed by atoms with Crippen LogP contribution in [0.2, 0.25) is 0 Å². The molecule has 4 N–H and O–H groups in total. The molecular formula is C11H16F2N4O. The number of hydrogen-bond donors (Lipinski definition) is 3. The summed E-state index contributed by atoms with van der Waals surface area (Å²) in [4.78, 5) is 3.77. The molecule has 1 aliphatic rings. The van der Waals surface area contributed by atoms with Gasteiger partial charge in [0.2, 0.25) is 0 Å². The summed E-state index contributed by atoms with van der Waals surface area (Å²) in [5.41, 5.74) is 2.09. The number of ether oxygens (including phenoxy) is 1. The quantitative estimate of drug-likeness (QED) is 0.565. The predicted molar refractivity (Wildman–Crippen MR) is 64.0 cm³/mol. The molecule has 2 rings (SSSR count). The van der Waals surface area contributed by atoms with Crippen LogP contribution < -0.4 is 16.6 Å². The Morgan fingerprint density at radius 1 is 1.33 bits per heavy atom. The van der Waals surface area contributed by atoms with Crippen molar-refractivity contribution in [2.45, 2.75) is 31.4 Å². The summed E-state index contributed by atoms with van der Waals surface area (Å²) in [5, 5.41) is 2.95. The number of hydrogen-bond acceptors (Lipinski definition) is 5. The third kappa shape index (κ3) is 2.68. The normalized spacial score (nSPS) is 23.1. The Kier molecular flexibility index (Phi) is 3.93. The van der Waals surface area contributed by atoms with Gasteiger partial charge >= 0.3 is 0 Å². The first-order valence-electron chi connectivity index (χ1n) is 5.76. The molecule has 2 unspecified atom stereocenters. The fourth-order valence-corrected chi connectivity index (χ4v) is 2.15. The molecule has 1 heterocycles. The summed E-state index contributed by atoms with van der Waals surface area (Å²) in [6.45, 7) is 0. The Labute approximate surface area is 104 Å². The van der Waals surface area contributed by atoms with Gasteiger partial charge < -0.3 is 15.5 Å². The van der Waals surface area contributed by atoms with Gasteiger partial charge in [-0.3, -0.25) is 0 Å². The Balaban J connectivity index is 2.09. The lowest BCUT2D eigenvalue weighted by Crippen LogP contribution is -2.20. The highest BCUT2D eigenvalue weighted by molar-refractivity contribution is 5.47. The number of aromatic nitrogens is 1. The van der Waals surface area contributed by atoms with Crippen LogP contribution in [-0.4, -0.2) is 24.2 Å². The van der Waals surface area contributed by atoms with Gasteiger partial charge in [-0.05, 0) is 19.3 Å². The molecule has 0 amide bonds. The molecule has 100 valence electrons. The minimum Gasteiger partial charge on any atom is -0.381 e. The third-order valence-corrected chi connectivity index (χ3v) is 3.12. The lowest BCUT2D eigenvalue weighted by Gasteiger charge is -2.15. The van der Waals surface area contributed by atoms with Crippen LogP contribution >= 0.6 is 0 Å². The Morgan fingerprint density at radius 3 is 2.67 bits per heavy atom. The van der Waals surface area contributed by atoms with Gasteiger partial charge in [0, 0.05) is 19.2 Å². The van der Waals surface area contributed by atoms with E-state index in [1.54, 1.807) is 7.11 Å². The largest absolute Gasteiger partial charge is 0.381 e. The van der Waals surface area contributed by atoms with E-state index in [4.69, 9.17) is 10.6 Å². The van der Waals surface area contributed by atoms with Crippen LogP contribution in [-0.2, 0) is 4.74 Å². The summed E-state index contributed by atoms with van der Waals surface area (Å²) < 4.78 is 31.9. The van der Waals surface area contributed by atoms with Crippen molar-refractivity contribution in [1.82, 2.24) is 4.98 Å². The van der Waals surface area contributed by atoms with Gasteiger partial charge in [-0.15, -0.1) is 0 Å². The zero-order valence-electron chi connectivity index (χ0n) is 10.0. The van der Waals surface area contributed by atoms with Crippen molar-refractivity contribution >= 4 is 11.6 Å². The van der Waals surface area contributed by atoms with E-state index in [9.17, 15) is 8.78 Å². The number of hydrazine groups is 1. The van der Waals surface area contributed by atoms with Gasteiger partial charge in [-0.1, -0.05) is 0 Å². The van der Waals surface area contributed by atoms with E-state index in [2.05, 4.69) is 15.7 Å². The van der Waals surface area contributed by atoms with Crippen molar-refractivity contribution in [3.63, 3.8) is 0 Å². The van der Waals surface area contributed by atoms with Crippen molar-refractivity contribution in [1.29, 1.82) is 0 Å². The molecule has 0 radical (unpaired) electrons. The number of rotatable bonds is 4. The lowest BCUT2D eigenvalue weighted by molar-refractivity contribution is 0.108. The average Bonchev–Trinajstić information content (AvgIpc) is 2.80. The highest BCUT2D eigenvalue weighted by Gasteiger charge is 2.25. The van der Waals surface area contributed by atoms with Gasteiger partial charge in [0.05, 0.1) is 6.10 Å². The first-order chi connectivity index (χ1) is 8.63. The summed E-state index contributed by atoms with van der Waals surface area (Å²) >= 11 is 0. The van der Waals surface area contributed by atoms with Gasteiger partial charge in [0.15, 0.2) is 23.3 Å². The summed E-state index contributed by atoms with van der Waals surface area (Å²) in [6.07, 6.45) is 2.74. The second-order valence-electron chi connectivity index (χ2n) is 4.31. The van der Waals surface area contributed by atoms with Crippen LogP contribution in [0.5, 0.6) is 0 Å². The standard InChI is InChI=1S/C11H16F2N4O/c1-18-7-3-2-6(4-7)15-10-8(12)5-9(13)11(16-10)17-14/h5-7H,2-4,14H2,1H3,(H2,15,16,17). The highest BCUT2D eigenvalue weighted by atomic mass is 19.1. The van der Waals surface area contributed by atoms with E-state index in [0.717, 1.165) is 25.3 Å². The van der Waals surface area contributed by atoms with Crippen molar-refractivity contribution < 1.29 is 13.5 Å². The molecule has 5 nitrogen and oxygen atoms in total. The maximum Gasteiger partial charge on any atom is 0.178 e. The minimum absolute atomic E-state index is 0.00565. The Hall–Kier alpha value is -1.47. The van der Waals surface area contributed by atoms with E-state index < -0.39 is 11.6 Å². The molecule has 0 saturated heterocycles. The van der Waals surface area contributed by atoms with E-state index >= 15 is 0 Å². The SMILES string of the molecule is COC1CCC(Nc2nc(NN)c(F)cc2F)C1. The van der Waals surface area contributed by atoms with E-state index in [-0.39, 0.29) is 23.8 Å². The average molecular weight is 258 g/mol. The van der Waals surface area contributed by atoms with Crippen molar-refractivity contribution in [2.24, 2.45) is 5.84 Å². The molecule has 1 saturated carbocycles. The van der Waals surface area contributed by atoms with Crippen LogP contribution in [0.4, 0.5) is 20.4 Å². The van der Waals surface area contributed by atoms with Crippen LogP contribution in [0.15, 0.2) is 6.07 Å².